The second kappa shape index (κ2) is 11.4. The number of carbonyl (C=O) groups is 1. The molecule has 6 nitrogen and oxygen atoms in total. The Morgan fingerprint density at radius 2 is 1.80 bits per heavy atom. The Morgan fingerprint density at radius 1 is 1.07 bits per heavy atom. The van der Waals surface area contributed by atoms with E-state index < -0.39 is 12.0 Å². The summed E-state index contributed by atoms with van der Waals surface area (Å²) in [5.74, 6) is -0.0401. The molecule has 0 saturated carbocycles. The predicted octanol–water partition coefficient (Wildman–Crippen LogP) is 6.24. The standard InChI is InChI=1S/C33H37N3O3S/c1-7-11-26-29(32(38)39-8-2)30(23-16-14-22(15-17-23)20(3)4)36-31(37)28(40-33(36)34-26)18-24-19-35(21(5)6)27-13-10-9-12-25(24)27/h9-10,12-21,30H,7-8,11H2,1-6H3/b28-18-/t30-/m1/s1. The molecule has 5 rings (SSSR count). The monoisotopic (exact) mass is 555 g/mol. The van der Waals surface area contributed by atoms with Crippen LogP contribution in [-0.4, -0.2) is 21.7 Å². The van der Waals surface area contributed by atoms with Crippen LogP contribution < -0.4 is 14.9 Å². The van der Waals surface area contributed by atoms with Crippen LogP contribution in [0.5, 0.6) is 0 Å². The number of rotatable bonds is 8. The maximum absolute atomic E-state index is 14.1. The zero-order chi connectivity index (χ0) is 28.6. The third kappa shape index (κ3) is 4.99. The van der Waals surface area contributed by atoms with Gasteiger partial charge in [0.05, 0.1) is 28.5 Å². The van der Waals surface area contributed by atoms with Crippen LogP contribution in [0, 0.1) is 0 Å². The van der Waals surface area contributed by atoms with Crippen molar-refractivity contribution in [1.82, 2.24) is 9.13 Å². The first-order valence-corrected chi connectivity index (χ1v) is 15.0. The average Bonchev–Trinajstić information content (AvgIpc) is 3.46. The normalized spacial score (nSPS) is 15.7. The number of allylic oxidation sites excluding steroid dienone is 1. The largest absolute Gasteiger partial charge is 0.463 e. The molecule has 2 aromatic carbocycles. The molecule has 1 atom stereocenters. The van der Waals surface area contributed by atoms with E-state index in [4.69, 9.17) is 9.73 Å². The smallest absolute Gasteiger partial charge is 0.338 e. The lowest BCUT2D eigenvalue weighted by Crippen LogP contribution is -2.40. The Morgan fingerprint density at radius 3 is 2.45 bits per heavy atom. The number of aromatic nitrogens is 2. The number of esters is 1. The molecular formula is C33H37N3O3S. The molecule has 0 radical (unpaired) electrons. The number of nitrogens with zero attached hydrogens (tertiary/aromatic N) is 3. The zero-order valence-corrected chi connectivity index (χ0v) is 24.9. The first-order valence-electron chi connectivity index (χ1n) is 14.2. The lowest BCUT2D eigenvalue weighted by atomic mass is 9.92. The van der Waals surface area contributed by atoms with Gasteiger partial charge in [-0.05, 0) is 56.4 Å². The van der Waals surface area contributed by atoms with Gasteiger partial charge in [-0.1, -0.05) is 81.0 Å². The van der Waals surface area contributed by atoms with Gasteiger partial charge in [-0.25, -0.2) is 9.79 Å². The maximum Gasteiger partial charge on any atom is 0.338 e. The van der Waals surface area contributed by atoms with Crippen LogP contribution in [-0.2, 0) is 9.53 Å². The highest BCUT2D eigenvalue weighted by Crippen LogP contribution is 2.33. The van der Waals surface area contributed by atoms with E-state index in [1.165, 1.54) is 16.9 Å². The van der Waals surface area contributed by atoms with E-state index in [1.807, 2.05) is 30.3 Å². The molecule has 0 spiro atoms. The van der Waals surface area contributed by atoms with Crippen LogP contribution in [0.4, 0.5) is 0 Å². The molecular weight excluding hydrogens is 518 g/mol. The van der Waals surface area contributed by atoms with Gasteiger partial charge < -0.3 is 9.30 Å². The summed E-state index contributed by atoms with van der Waals surface area (Å²) in [6.07, 6.45) is 5.53. The average molecular weight is 556 g/mol. The van der Waals surface area contributed by atoms with Gasteiger partial charge in [-0.15, -0.1) is 0 Å². The Bertz CT molecular complexity index is 1770. The molecule has 1 aliphatic heterocycles. The van der Waals surface area contributed by atoms with Crippen molar-refractivity contribution in [1.29, 1.82) is 0 Å². The zero-order valence-electron chi connectivity index (χ0n) is 24.1. The van der Waals surface area contributed by atoms with Crippen LogP contribution >= 0.6 is 11.3 Å². The molecule has 7 heteroatoms. The Hall–Kier alpha value is -3.71. The van der Waals surface area contributed by atoms with E-state index in [-0.39, 0.29) is 18.2 Å². The number of hydrogen-bond donors (Lipinski definition) is 0. The summed E-state index contributed by atoms with van der Waals surface area (Å²) in [4.78, 5) is 33.1. The lowest BCUT2D eigenvalue weighted by Gasteiger charge is -2.26. The van der Waals surface area contributed by atoms with Crippen molar-refractivity contribution >= 4 is 34.3 Å². The lowest BCUT2D eigenvalue weighted by molar-refractivity contribution is -0.139. The van der Waals surface area contributed by atoms with Gasteiger partial charge in [-0.3, -0.25) is 9.36 Å². The minimum absolute atomic E-state index is 0.152. The fourth-order valence-electron chi connectivity index (χ4n) is 5.41. The summed E-state index contributed by atoms with van der Waals surface area (Å²) in [6.45, 7) is 12.7. The van der Waals surface area contributed by atoms with Crippen molar-refractivity contribution in [3.05, 3.63) is 102 Å². The number of thiazole rings is 1. The Balaban J connectivity index is 1.76. The maximum atomic E-state index is 14.1. The molecule has 0 saturated heterocycles. The van der Waals surface area contributed by atoms with Gasteiger partial charge in [0.15, 0.2) is 4.80 Å². The Labute approximate surface area is 239 Å². The van der Waals surface area contributed by atoms with E-state index in [2.05, 4.69) is 69.6 Å². The van der Waals surface area contributed by atoms with Gasteiger partial charge in [0.2, 0.25) is 0 Å². The van der Waals surface area contributed by atoms with Crippen molar-refractivity contribution in [3.8, 4) is 0 Å². The van der Waals surface area contributed by atoms with Gasteiger partial charge in [0.25, 0.3) is 5.56 Å². The van der Waals surface area contributed by atoms with E-state index >= 15 is 0 Å². The van der Waals surface area contributed by atoms with Crippen molar-refractivity contribution < 1.29 is 9.53 Å². The van der Waals surface area contributed by atoms with Gasteiger partial charge in [0.1, 0.15) is 0 Å². The number of ether oxygens (including phenoxy) is 1. The number of carbonyl (C=O) groups excluding carboxylic acids is 1. The van der Waals surface area contributed by atoms with Gasteiger partial charge in [-0.2, -0.15) is 0 Å². The topological polar surface area (TPSA) is 65.6 Å². The molecule has 3 heterocycles. The van der Waals surface area contributed by atoms with Crippen LogP contribution in [0.2, 0.25) is 0 Å². The molecule has 4 aromatic rings. The summed E-state index contributed by atoms with van der Waals surface area (Å²) in [5.41, 5.74) is 5.20. The molecule has 40 heavy (non-hydrogen) atoms. The van der Waals surface area contributed by atoms with Crippen molar-refractivity contribution in [2.45, 2.75) is 72.4 Å². The molecule has 0 amide bonds. The molecule has 0 aliphatic carbocycles. The van der Waals surface area contributed by atoms with Crippen LogP contribution in [0.25, 0.3) is 17.0 Å². The minimum atomic E-state index is -0.600. The van der Waals surface area contributed by atoms with E-state index in [9.17, 15) is 9.59 Å². The fourth-order valence-corrected chi connectivity index (χ4v) is 6.43. The predicted molar refractivity (Wildman–Crippen MR) is 162 cm³/mol. The van der Waals surface area contributed by atoms with E-state index in [1.54, 1.807) is 11.5 Å². The van der Waals surface area contributed by atoms with Crippen LogP contribution in [0.3, 0.4) is 0 Å². The van der Waals surface area contributed by atoms with Gasteiger partial charge in [0, 0.05) is 28.7 Å². The second-order valence-electron chi connectivity index (χ2n) is 10.8. The first kappa shape index (κ1) is 27.8. The molecule has 0 bridgehead atoms. The summed E-state index contributed by atoms with van der Waals surface area (Å²) in [6, 6.07) is 16.2. The van der Waals surface area contributed by atoms with E-state index in [0.29, 0.717) is 32.9 Å². The number of para-hydroxylation sites is 1. The quantitative estimate of drug-likeness (QED) is 0.242. The molecule has 208 valence electrons. The van der Waals surface area contributed by atoms with E-state index in [0.717, 1.165) is 28.5 Å². The summed E-state index contributed by atoms with van der Waals surface area (Å²) < 4.78 is 10.0. The number of hydrogen-bond acceptors (Lipinski definition) is 5. The highest BCUT2D eigenvalue weighted by molar-refractivity contribution is 7.07. The molecule has 2 aromatic heterocycles. The van der Waals surface area contributed by atoms with Crippen molar-refractivity contribution in [2.75, 3.05) is 6.61 Å². The minimum Gasteiger partial charge on any atom is -0.463 e. The van der Waals surface area contributed by atoms with Crippen molar-refractivity contribution in [3.63, 3.8) is 0 Å². The number of benzene rings is 2. The van der Waals surface area contributed by atoms with Gasteiger partial charge >= 0.3 is 5.97 Å². The third-order valence-corrected chi connectivity index (χ3v) is 8.41. The molecule has 0 unspecified atom stereocenters. The Kier molecular flexibility index (Phi) is 7.95. The van der Waals surface area contributed by atoms with Crippen LogP contribution in [0.15, 0.2) is 75.8 Å². The second-order valence-corrected chi connectivity index (χ2v) is 11.8. The highest BCUT2D eigenvalue weighted by atomic mass is 32.1. The van der Waals surface area contributed by atoms with Crippen LogP contribution in [0.1, 0.15) is 89.1 Å². The highest BCUT2D eigenvalue weighted by Gasteiger charge is 2.34. The SMILES string of the molecule is CCCC1=C(C(=O)OCC)[C@@H](c2ccc(C(C)C)cc2)n2c(s/c(=C\c3cn(C(C)C)c4ccccc34)c2=O)=N1. The molecule has 0 N–H and O–H groups in total. The number of fused-ring (bicyclic) bond motifs is 2. The third-order valence-electron chi connectivity index (χ3n) is 7.43. The fraction of sp³-hybridized carbons (Fsp3) is 0.364. The summed E-state index contributed by atoms with van der Waals surface area (Å²) >= 11 is 1.38. The molecule has 0 fully saturated rings. The molecule has 1 aliphatic rings. The summed E-state index contributed by atoms with van der Waals surface area (Å²) in [5, 5.41) is 1.10. The first-order chi connectivity index (χ1) is 19.2. The van der Waals surface area contributed by atoms with Crippen molar-refractivity contribution in [2.24, 2.45) is 4.99 Å². The summed E-state index contributed by atoms with van der Waals surface area (Å²) in [7, 11) is 0.